The van der Waals surface area contributed by atoms with Crippen LogP contribution in [0.2, 0.25) is 0 Å². The minimum Gasteiger partial charge on any atom is -0.289 e. The molecule has 4 nitrogen and oxygen atoms in total. The number of nitrogens with zero attached hydrogens (tertiary/aromatic N) is 1. The van der Waals surface area contributed by atoms with Crippen LogP contribution >= 0.6 is 0 Å². The van der Waals surface area contributed by atoms with E-state index in [0.717, 1.165) is 24.3 Å². The number of non-ortho nitro benzene ring substituents is 1. The van der Waals surface area contributed by atoms with Crippen molar-refractivity contribution in [2.75, 3.05) is 0 Å². The topological polar surface area (TPSA) is 60.2 Å². The summed E-state index contributed by atoms with van der Waals surface area (Å²) in [5.74, 6) is -0.536. The first-order valence-electron chi connectivity index (χ1n) is 6.41. The average molecular weight is 321 g/mol. The number of carbonyl (C=O) groups excluding carboxylic acids is 1. The molecule has 0 saturated carbocycles. The van der Waals surface area contributed by atoms with Crippen molar-refractivity contribution in [1.82, 2.24) is 0 Å². The highest BCUT2D eigenvalue weighted by molar-refractivity contribution is 6.07. The molecule has 0 saturated heterocycles. The summed E-state index contributed by atoms with van der Waals surface area (Å²) in [4.78, 5) is 22.0. The largest absolute Gasteiger partial charge is 0.416 e. The maximum absolute atomic E-state index is 12.6. The lowest BCUT2D eigenvalue weighted by Gasteiger charge is -2.06. The predicted octanol–water partition coefficient (Wildman–Crippen LogP) is 4.51. The third-order valence-corrected chi connectivity index (χ3v) is 2.98. The van der Waals surface area contributed by atoms with E-state index in [2.05, 4.69) is 0 Å². The summed E-state index contributed by atoms with van der Waals surface area (Å²) >= 11 is 0. The Labute approximate surface area is 129 Å². The molecule has 118 valence electrons. The fourth-order valence-electron chi connectivity index (χ4n) is 1.86. The van der Waals surface area contributed by atoms with Crippen LogP contribution in [-0.4, -0.2) is 10.7 Å². The highest BCUT2D eigenvalue weighted by Crippen LogP contribution is 2.29. The number of halogens is 3. The van der Waals surface area contributed by atoms with E-state index in [0.29, 0.717) is 0 Å². The fourth-order valence-corrected chi connectivity index (χ4v) is 1.86. The van der Waals surface area contributed by atoms with Crippen molar-refractivity contribution in [2.24, 2.45) is 0 Å². The van der Waals surface area contributed by atoms with Gasteiger partial charge in [-0.3, -0.25) is 14.9 Å². The maximum Gasteiger partial charge on any atom is 0.416 e. The average Bonchev–Trinajstić information content (AvgIpc) is 2.52. The van der Waals surface area contributed by atoms with Gasteiger partial charge in [0.25, 0.3) is 5.69 Å². The molecule has 7 heteroatoms. The van der Waals surface area contributed by atoms with Crippen LogP contribution < -0.4 is 0 Å². The van der Waals surface area contributed by atoms with Crippen molar-refractivity contribution in [2.45, 2.75) is 6.18 Å². The molecule has 2 aromatic carbocycles. The maximum atomic E-state index is 12.6. The lowest BCUT2D eigenvalue weighted by molar-refractivity contribution is -0.384. The molecule has 0 N–H and O–H groups in total. The molecule has 0 aliphatic heterocycles. The van der Waals surface area contributed by atoms with Crippen molar-refractivity contribution in [3.8, 4) is 0 Å². The highest BCUT2D eigenvalue weighted by atomic mass is 19.4. The van der Waals surface area contributed by atoms with Gasteiger partial charge in [-0.1, -0.05) is 30.3 Å². The number of nitro benzene ring substituents is 1. The Morgan fingerprint density at radius 2 is 1.78 bits per heavy atom. The van der Waals surface area contributed by atoms with Gasteiger partial charge in [0.05, 0.1) is 10.5 Å². The second kappa shape index (κ2) is 6.43. The molecule has 0 aliphatic carbocycles. The van der Waals surface area contributed by atoms with Gasteiger partial charge in [0.1, 0.15) is 0 Å². The molecule has 23 heavy (non-hydrogen) atoms. The summed E-state index contributed by atoms with van der Waals surface area (Å²) < 4.78 is 37.8. The number of carbonyl (C=O) groups is 1. The van der Waals surface area contributed by atoms with E-state index in [-0.39, 0.29) is 16.8 Å². The van der Waals surface area contributed by atoms with E-state index in [1.54, 1.807) is 0 Å². The monoisotopic (exact) mass is 321 g/mol. The van der Waals surface area contributed by atoms with E-state index < -0.39 is 22.4 Å². The first-order chi connectivity index (χ1) is 10.8. The number of alkyl halides is 3. The van der Waals surface area contributed by atoms with Crippen molar-refractivity contribution in [3.05, 3.63) is 81.4 Å². The number of rotatable bonds is 4. The quantitative estimate of drug-likeness (QED) is 0.360. The summed E-state index contributed by atoms with van der Waals surface area (Å²) in [5, 5.41) is 10.7. The summed E-state index contributed by atoms with van der Waals surface area (Å²) in [7, 11) is 0. The molecule has 0 radical (unpaired) electrons. The van der Waals surface area contributed by atoms with Gasteiger partial charge in [-0.15, -0.1) is 0 Å². The Kier molecular flexibility index (Phi) is 4.59. The predicted molar refractivity (Wildman–Crippen MR) is 77.9 cm³/mol. The van der Waals surface area contributed by atoms with Gasteiger partial charge in [0.15, 0.2) is 5.78 Å². The standard InChI is InChI=1S/C16H10F3NO3/c17-16(18,19)13-5-1-3-11(9-13)7-8-15(21)12-4-2-6-14(10-12)20(22)23/h1-10H. The second-order valence-electron chi connectivity index (χ2n) is 4.63. The van der Waals surface area contributed by atoms with Gasteiger partial charge in [-0.25, -0.2) is 0 Å². The molecule has 0 spiro atoms. The number of hydrogen-bond acceptors (Lipinski definition) is 3. The fraction of sp³-hybridized carbons (Fsp3) is 0.0625. The van der Waals surface area contributed by atoms with Gasteiger partial charge in [-0.05, 0) is 23.8 Å². The molecule has 2 aromatic rings. The Balaban J connectivity index is 2.22. The molecule has 2 rings (SSSR count). The zero-order valence-electron chi connectivity index (χ0n) is 11.6. The van der Waals surface area contributed by atoms with Crippen LogP contribution in [0.25, 0.3) is 6.08 Å². The van der Waals surface area contributed by atoms with Gasteiger partial charge >= 0.3 is 6.18 Å². The number of allylic oxidation sites excluding steroid dienone is 1. The molecule has 0 aromatic heterocycles. The smallest absolute Gasteiger partial charge is 0.289 e. The van der Waals surface area contributed by atoms with Gasteiger partial charge in [0, 0.05) is 17.7 Å². The summed E-state index contributed by atoms with van der Waals surface area (Å²) in [6, 6.07) is 9.62. The minimum atomic E-state index is -4.46. The Hall–Kier alpha value is -2.96. The molecule has 0 amide bonds. The lowest BCUT2D eigenvalue weighted by atomic mass is 10.1. The molecular formula is C16H10F3NO3. The molecule has 0 fully saturated rings. The van der Waals surface area contributed by atoms with Crippen LogP contribution in [0.4, 0.5) is 18.9 Å². The number of benzene rings is 2. The van der Waals surface area contributed by atoms with Crippen LogP contribution in [0, 0.1) is 10.1 Å². The normalized spacial score (nSPS) is 11.6. The summed E-state index contributed by atoms with van der Waals surface area (Å²) in [6.45, 7) is 0. The third-order valence-electron chi connectivity index (χ3n) is 2.98. The SMILES string of the molecule is O=C(C=Cc1cccc(C(F)(F)F)c1)c1cccc([N+](=O)[O-])c1. The van der Waals surface area contributed by atoms with Gasteiger partial charge in [0.2, 0.25) is 0 Å². The second-order valence-corrected chi connectivity index (χ2v) is 4.63. The Morgan fingerprint density at radius 3 is 2.43 bits per heavy atom. The molecule has 0 heterocycles. The third kappa shape index (κ3) is 4.26. The first kappa shape index (κ1) is 16.4. The molecule has 0 aliphatic rings. The summed E-state index contributed by atoms with van der Waals surface area (Å²) in [5.41, 5.74) is -0.758. The summed E-state index contributed by atoms with van der Waals surface area (Å²) in [6.07, 6.45) is -2.15. The highest BCUT2D eigenvalue weighted by Gasteiger charge is 2.30. The van der Waals surface area contributed by atoms with Crippen molar-refractivity contribution in [1.29, 1.82) is 0 Å². The van der Waals surface area contributed by atoms with E-state index in [9.17, 15) is 28.1 Å². The van der Waals surface area contributed by atoms with Crippen molar-refractivity contribution >= 4 is 17.5 Å². The van der Waals surface area contributed by atoms with Crippen LogP contribution in [-0.2, 0) is 6.18 Å². The van der Waals surface area contributed by atoms with E-state index in [1.165, 1.54) is 36.4 Å². The molecule has 0 atom stereocenters. The zero-order chi connectivity index (χ0) is 17.0. The van der Waals surface area contributed by atoms with Crippen LogP contribution in [0.5, 0.6) is 0 Å². The first-order valence-corrected chi connectivity index (χ1v) is 6.41. The van der Waals surface area contributed by atoms with Crippen LogP contribution in [0.3, 0.4) is 0 Å². The van der Waals surface area contributed by atoms with Crippen LogP contribution in [0.1, 0.15) is 21.5 Å². The van der Waals surface area contributed by atoms with E-state index >= 15 is 0 Å². The van der Waals surface area contributed by atoms with E-state index in [1.807, 2.05) is 0 Å². The minimum absolute atomic E-state index is 0.0856. The van der Waals surface area contributed by atoms with Gasteiger partial charge < -0.3 is 0 Å². The Bertz CT molecular complexity index is 782. The Morgan fingerprint density at radius 1 is 1.09 bits per heavy atom. The van der Waals surface area contributed by atoms with Crippen LogP contribution in [0.15, 0.2) is 54.6 Å². The van der Waals surface area contributed by atoms with Gasteiger partial charge in [-0.2, -0.15) is 13.2 Å². The molecule has 0 bridgehead atoms. The van der Waals surface area contributed by atoms with E-state index in [4.69, 9.17) is 0 Å². The molecule has 0 unspecified atom stereocenters. The number of nitro groups is 1. The zero-order valence-corrected chi connectivity index (χ0v) is 11.6. The molecular weight excluding hydrogens is 311 g/mol. The number of hydrogen-bond donors (Lipinski definition) is 0. The van der Waals surface area contributed by atoms with Crippen molar-refractivity contribution in [3.63, 3.8) is 0 Å². The van der Waals surface area contributed by atoms with Crippen molar-refractivity contribution < 1.29 is 22.9 Å². The number of ketones is 1. The lowest BCUT2D eigenvalue weighted by Crippen LogP contribution is -2.04.